The van der Waals surface area contributed by atoms with Gasteiger partial charge < -0.3 is 10.0 Å². The minimum Gasteiger partial charge on any atom is -0.393 e. The maximum atomic E-state index is 12.0. The minimum absolute atomic E-state index is 0.100. The predicted molar refractivity (Wildman–Crippen MR) is 73.4 cm³/mol. The number of rotatable bonds is 5. The van der Waals surface area contributed by atoms with Crippen molar-refractivity contribution in [3.05, 3.63) is 34.9 Å². The molecule has 2 aromatic rings. The Bertz CT molecular complexity index is 659. The van der Waals surface area contributed by atoms with Gasteiger partial charge in [0.05, 0.1) is 6.10 Å². The van der Waals surface area contributed by atoms with Crippen LogP contribution >= 0.6 is 0 Å². The molecule has 1 amide bonds. The molecule has 1 atom stereocenters. The van der Waals surface area contributed by atoms with Gasteiger partial charge in [0.25, 0.3) is 0 Å². The highest BCUT2D eigenvalue weighted by Gasteiger charge is 2.14. The van der Waals surface area contributed by atoms with Crippen LogP contribution in [-0.4, -0.2) is 49.8 Å². The molecule has 2 rings (SSSR count). The van der Waals surface area contributed by atoms with Crippen LogP contribution in [0.25, 0.3) is 5.65 Å². The van der Waals surface area contributed by atoms with Gasteiger partial charge in [-0.3, -0.25) is 9.20 Å². The molecule has 0 aliphatic rings. The number of amides is 1. The normalized spacial score (nSPS) is 12.6. The van der Waals surface area contributed by atoms with Crippen molar-refractivity contribution in [3.63, 3.8) is 0 Å². The van der Waals surface area contributed by atoms with Gasteiger partial charge in [0.15, 0.2) is 5.65 Å². The van der Waals surface area contributed by atoms with Crippen LogP contribution in [-0.2, 0) is 11.3 Å². The molecule has 0 aromatic carbocycles. The van der Waals surface area contributed by atoms with E-state index in [2.05, 4.69) is 5.10 Å². The molecular formula is C13H18N4O3. The van der Waals surface area contributed by atoms with Crippen LogP contribution in [0.15, 0.2) is 29.2 Å². The second-order valence-electron chi connectivity index (χ2n) is 4.82. The molecule has 0 aliphatic heterocycles. The number of aliphatic hydroxyl groups is 1. The molecule has 0 aliphatic carbocycles. The van der Waals surface area contributed by atoms with Crippen molar-refractivity contribution in [3.8, 4) is 0 Å². The van der Waals surface area contributed by atoms with E-state index in [4.69, 9.17) is 0 Å². The SMILES string of the molecule is CC(O)CCN(C)C(=O)Cn1nc2ccccn2c1=O. The lowest BCUT2D eigenvalue weighted by atomic mass is 10.3. The minimum atomic E-state index is -0.455. The van der Waals surface area contributed by atoms with Crippen molar-refractivity contribution in [2.45, 2.75) is 26.0 Å². The molecule has 0 radical (unpaired) electrons. The molecule has 2 heterocycles. The molecule has 0 fully saturated rings. The quantitative estimate of drug-likeness (QED) is 0.816. The molecule has 0 saturated carbocycles. The van der Waals surface area contributed by atoms with Crippen LogP contribution in [0.4, 0.5) is 0 Å². The lowest BCUT2D eigenvalue weighted by Gasteiger charge is -2.17. The van der Waals surface area contributed by atoms with Gasteiger partial charge in [0.2, 0.25) is 5.91 Å². The summed E-state index contributed by atoms with van der Waals surface area (Å²) >= 11 is 0. The number of carbonyl (C=O) groups is 1. The number of pyridine rings is 1. The number of aromatic nitrogens is 3. The Morgan fingerprint density at radius 1 is 1.50 bits per heavy atom. The Kier molecular flexibility index (Phi) is 4.19. The first-order valence-electron chi connectivity index (χ1n) is 6.45. The number of carbonyl (C=O) groups excluding carboxylic acids is 1. The van der Waals surface area contributed by atoms with Crippen LogP contribution in [0, 0.1) is 0 Å². The maximum Gasteiger partial charge on any atom is 0.350 e. The first-order valence-corrected chi connectivity index (χ1v) is 6.45. The summed E-state index contributed by atoms with van der Waals surface area (Å²) < 4.78 is 2.54. The molecule has 0 spiro atoms. The number of hydrogen-bond acceptors (Lipinski definition) is 4. The van der Waals surface area contributed by atoms with Gasteiger partial charge in [-0.05, 0) is 25.5 Å². The van der Waals surface area contributed by atoms with E-state index in [-0.39, 0.29) is 18.1 Å². The standard InChI is InChI=1S/C13H18N4O3/c1-10(18)6-8-15(2)12(19)9-17-13(20)16-7-4-3-5-11(16)14-17/h3-5,7,10,18H,6,8-9H2,1-2H3. The Morgan fingerprint density at radius 3 is 2.90 bits per heavy atom. The molecule has 0 bridgehead atoms. The van der Waals surface area contributed by atoms with Crippen molar-refractivity contribution in [2.24, 2.45) is 0 Å². The first kappa shape index (κ1) is 14.3. The Balaban J connectivity index is 2.10. The van der Waals surface area contributed by atoms with E-state index in [1.165, 1.54) is 9.30 Å². The lowest BCUT2D eigenvalue weighted by molar-refractivity contribution is -0.131. The molecule has 20 heavy (non-hydrogen) atoms. The molecule has 1 N–H and O–H groups in total. The van der Waals surface area contributed by atoms with Crippen molar-refractivity contribution in [1.82, 2.24) is 19.1 Å². The third-order valence-electron chi connectivity index (χ3n) is 3.08. The molecular weight excluding hydrogens is 260 g/mol. The van der Waals surface area contributed by atoms with E-state index in [1.54, 1.807) is 38.4 Å². The second-order valence-corrected chi connectivity index (χ2v) is 4.82. The zero-order chi connectivity index (χ0) is 14.7. The topological polar surface area (TPSA) is 79.8 Å². The van der Waals surface area contributed by atoms with Crippen molar-refractivity contribution >= 4 is 11.6 Å². The molecule has 7 nitrogen and oxygen atoms in total. The van der Waals surface area contributed by atoms with Crippen LogP contribution < -0.4 is 5.69 Å². The van der Waals surface area contributed by atoms with Gasteiger partial charge in [-0.15, -0.1) is 5.10 Å². The van der Waals surface area contributed by atoms with Gasteiger partial charge in [-0.25, -0.2) is 9.48 Å². The monoisotopic (exact) mass is 278 g/mol. The zero-order valence-corrected chi connectivity index (χ0v) is 11.6. The fourth-order valence-corrected chi connectivity index (χ4v) is 1.83. The Morgan fingerprint density at radius 2 is 2.25 bits per heavy atom. The van der Waals surface area contributed by atoms with Gasteiger partial charge >= 0.3 is 5.69 Å². The third-order valence-corrected chi connectivity index (χ3v) is 3.08. The number of nitrogens with zero attached hydrogens (tertiary/aromatic N) is 4. The van der Waals surface area contributed by atoms with Gasteiger partial charge in [-0.2, -0.15) is 0 Å². The Hall–Kier alpha value is -2.15. The smallest absolute Gasteiger partial charge is 0.350 e. The van der Waals surface area contributed by atoms with E-state index >= 15 is 0 Å². The van der Waals surface area contributed by atoms with Crippen LogP contribution in [0.1, 0.15) is 13.3 Å². The number of fused-ring (bicyclic) bond motifs is 1. The summed E-state index contributed by atoms with van der Waals surface area (Å²) in [5.74, 6) is -0.212. The molecule has 108 valence electrons. The highest BCUT2D eigenvalue weighted by atomic mass is 16.3. The van der Waals surface area contributed by atoms with Gasteiger partial charge in [0.1, 0.15) is 6.54 Å². The summed E-state index contributed by atoms with van der Waals surface area (Å²) in [6.07, 6.45) is 1.66. The average Bonchev–Trinajstić information content (AvgIpc) is 2.73. The van der Waals surface area contributed by atoms with E-state index in [0.717, 1.165) is 4.68 Å². The van der Waals surface area contributed by atoms with Crippen molar-refractivity contribution in [1.29, 1.82) is 0 Å². The second kappa shape index (κ2) is 5.87. The van der Waals surface area contributed by atoms with E-state index in [9.17, 15) is 14.7 Å². The average molecular weight is 278 g/mol. The molecule has 1 unspecified atom stereocenters. The summed E-state index contributed by atoms with van der Waals surface area (Å²) in [4.78, 5) is 25.5. The van der Waals surface area contributed by atoms with E-state index < -0.39 is 6.10 Å². The Labute approximate surface area is 116 Å². The summed E-state index contributed by atoms with van der Waals surface area (Å²) in [5.41, 5.74) is 0.176. The maximum absolute atomic E-state index is 12.0. The molecule has 2 aromatic heterocycles. The van der Waals surface area contributed by atoms with Crippen LogP contribution in [0.5, 0.6) is 0 Å². The van der Waals surface area contributed by atoms with E-state index in [1.807, 2.05) is 0 Å². The summed E-state index contributed by atoms with van der Waals surface area (Å²) in [7, 11) is 1.64. The number of hydrogen-bond donors (Lipinski definition) is 1. The summed E-state index contributed by atoms with van der Waals surface area (Å²) in [6.45, 7) is 2.01. The molecule has 7 heteroatoms. The molecule has 0 saturated heterocycles. The highest BCUT2D eigenvalue weighted by molar-refractivity contribution is 5.75. The lowest BCUT2D eigenvalue weighted by Crippen LogP contribution is -2.35. The van der Waals surface area contributed by atoms with Gasteiger partial charge in [0, 0.05) is 19.8 Å². The summed E-state index contributed by atoms with van der Waals surface area (Å²) in [6, 6.07) is 5.22. The predicted octanol–water partition coefficient (Wildman–Crippen LogP) is -0.275. The fraction of sp³-hybridized carbons (Fsp3) is 0.462. The number of likely N-dealkylation sites (N-methyl/N-ethyl adjacent to an activating group) is 1. The van der Waals surface area contributed by atoms with Crippen molar-refractivity contribution in [2.75, 3.05) is 13.6 Å². The third kappa shape index (κ3) is 3.05. The van der Waals surface area contributed by atoms with Crippen molar-refractivity contribution < 1.29 is 9.90 Å². The largest absolute Gasteiger partial charge is 0.393 e. The van der Waals surface area contributed by atoms with Gasteiger partial charge in [-0.1, -0.05) is 6.07 Å². The van der Waals surface area contributed by atoms with Crippen LogP contribution in [0.3, 0.4) is 0 Å². The first-order chi connectivity index (χ1) is 9.49. The highest BCUT2D eigenvalue weighted by Crippen LogP contribution is 1.98. The summed E-state index contributed by atoms with van der Waals surface area (Å²) in [5, 5.41) is 13.3. The van der Waals surface area contributed by atoms with E-state index in [0.29, 0.717) is 18.6 Å². The zero-order valence-electron chi connectivity index (χ0n) is 11.6. The number of aliphatic hydroxyl groups excluding tert-OH is 1. The van der Waals surface area contributed by atoms with Crippen LogP contribution in [0.2, 0.25) is 0 Å². The fourth-order valence-electron chi connectivity index (χ4n) is 1.83.